The molecule has 1 aliphatic heterocycles. The second-order valence-electron chi connectivity index (χ2n) is 8.09. The van der Waals surface area contributed by atoms with Gasteiger partial charge in [-0.3, -0.25) is 9.69 Å². The zero-order chi connectivity index (χ0) is 21.2. The highest BCUT2D eigenvalue weighted by Gasteiger charge is 2.27. The highest BCUT2D eigenvalue weighted by Crippen LogP contribution is 2.31. The average Bonchev–Trinajstić information content (AvgIpc) is 3.09. The van der Waals surface area contributed by atoms with E-state index in [9.17, 15) is 9.18 Å². The average molecular weight is 420 g/mol. The first-order valence-electron chi connectivity index (χ1n) is 10.7. The number of benzene rings is 2. The second-order valence-corrected chi connectivity index (χ2v) is 8.09. The molecule has 1 aliphatic carbocycles. The van der Waals surface area contributed by atoms with Crippen molar-refractivity contribution >= 4 is 5.91 Å². The smallest absolute Gasteiger partial charge is 0.234 e. The zero-order valence-corrected chi connectivity index (χ0v) is 17.3. The van der Waals surface area contributed by atoms with Gasteiger partial charge in [-0.1, -0.05) is 30.3 Å². The highest BCUT2D eigenvalue weighted by atomic mass is 19.1. The number of hydrogen-bond donors (Lipinski definition) is 1. The lowest BCUT2D eigenvalue weighted by Gasteiger charge is -2.26. The number of amides is 1. The van der Waals surface area contributed by atoms with Gasteiger partial charge in [-0.2, -0.15) is 5.10 Å². The Morgan fingerprint density at radius 3 is 2.94 bits per heavy atom. The van der Waals surface area contributed by atoms with E-state index < -0.39 is 0 Å². The first kappa shape index (κ1) is 19.8. The summed E-state index contributed by atoms with van der Waals surface area (Å²) in [6, 6.07) is 14.5. The number of carbonyl (C=O) groups is 1. The van der Waals surface area contributed by atoms with Crippen LogP contribution in [0.5, 0.6) is 5.75 Å². The van der Waals surface area contributed by atoms with Crippen LogP contribution in [0.1, 0.15) is 35.7 Å². The lowest BCUT2D eigenvalue weighted by Crippen LogP contribution is -2.40. The first-order valence-corrected chi connectivity index (χ1v) is 10.7. The summed E-state index contributed by atoms with van der Waals surface area (Å²) < 4.78 is 21.8. The second kappa shape index (κ2) is 8.51. The van der Waals surface area contributed by atoms with Crippen molar-refractivity contribution in [3.05, 3.63) is 77.4 Å². The third kappa shape index (κ3) is 4.05. The summed E-state index contributed by atoms with van der Waals surface area (Å²) in [4.78, 5) is 15.0. The third-order valence-corrected chi connectivity index (χ3v) is 6.00. The maximum Gasteiger partial charge on any atom is 0.234 e. The van der Waals surface area contributed by atoms with Crippen LogP contribution in [-0.4, -0.2) is 40.3 Å². The molecule has 3 aromatic rings. The quantitative estimate of drug-likeness (QED) is 0.703. The molecule has 1 aromatic heterocycles. The van der Waals surface area contributed by atoms with E-state index in [4.69, 9.17) is 4.74 Å². The van der Waals surface area contributed by atoms with Gasteiger partial charge in [-0.05, 0) is 37.5 Å². The van der Waals surface area contributed by atoms with Crippen LogP contribution < -0.4 is 10.1 Å². The molecule has 31 heavy (non-hydrogen) atoms. The lowest BCUT2D eigenvalue weighted by atomic mass is 9.93. The monoisotopic (exact) mass is 420 g/mol. The van der Waals surface area contributed by atoms with Gasteiger partial charge in [0, 0.05) is 29.9 Å². The van der Waals surface area contributed by atoms with Crippen LogP contribution in [0.4, 0.5) is 4.39 Å². The van der Waals surface area contributed by atoms with E-state index in [0.717, 1.165) is 41.8 Å². The maximum atomic E-state index is 14.3. The summed E-state index contributed by atoms with van der Waals surface area (Å²) in [5.41, 5.74) is 3.49. The van der Waals surface area contributed by atoms with Crippen LogP contribution >= 0.6 is 0 Å². The molecular weight excluding hydrogens is 395 g/mol. The number of para-hydroxylation sites is 2. The number of nitrogens with zero attached hydrogens (tertiary/aromatic N) is 3. The van der Waals surface area contributed by atoms with Crippen LogP contribution in [0.3, 0.4) is 0 Å². The van der Waals surface area contributed by atoms with Crippen molar-refractivity contribution in [3.63, 3.8) is 0 Å². The normalized spacial score (nSPS) is 18.4. The van der Waals surface area contributed by atoms with E-state index in [1.165, 1.54) is 6.07 Å². The Morgan fingerprint density at radius 1 is 1.19 bits per heavy atom. The van der Waals surface area contributed by atoms with Crippen LogP contribution in [0.25, 0.3) is 5.69 Å². The number of ether oxygens (including phenoxy) is 1. The molecule has 7 heteroatoms. The number of rotatable bonds is 4. The topological polar surface area (TPSA) is 59.4 Å². The zero-order valence-electron chi connectivity index (χ0n) is 17.3. The standard InChI is InChI=1S/C24H25FN4O2/c25-19-7-2-3-9-22(19)29-21-10-5-8-20(18(21)14-26-29)27-24(30)16-28-12-13-31-23-11-4-1-6-17(23)15-28/h1-4,6-7,9,11,14,20H,5,8,10,12-13,15-16H2,(H,27,30)/t20-/m0/s1. The van der Waals surface area contributed by atoms with Gasteiger partial charge in [0.1, 0.15) is 23.9 Å². The van der Waals surface area contributed by atoms with Crippen molar-refractivity contribution < 1.29 is 13.9 Å². The van der Waals surface area contributed by atoms with Gasteiger partial charge < -0.3 is 10.1 Å². The molecular formula is C24H25FN4O2. The molecule has 0 radical (unpaired) electrons. The van der Waals surface area contributed by atoms with Crippen molar-refractivity contribution in [2.45, 2.75) is 31.8 Å². The summed E-state index contributed by atoms with van der Waals surface area (Å²) in [7, 11) is 0. The fraction of sp³-hybridized carbons (Fsp3) is 0.333. The molecule has 0 fully saturated rings. The number of halogens is 1. The minimum atomic E-state index is -0.303. The molecule has 0 spiro atoms. The fourth-order valence-corrected chi connectivity index (χ4v) is 4.50. The third-order valence-electron chi connectivity index (χ3n) is 6.00. The molecule has 2 aromatic carbocycles. The maximum absolute atomic E-state index is 14.3. The molecule has 0 unspecified atom stereocenters. The predicted molar refractivity (Wildman–Crippen MR) is 115 cm³/mol. The van der Waals surface area contributed by atoms with E-state index in [-0.39, 0.29) is 17.8 Å². The first-order chi connectivity index (χ1) is 15.2. The highest BCUT2D eigenvalue weighted by molar-refractivity contribution is 5.78. The Bertz CT molecular complexity index is 1100. The van der Waals surface area contributed by atoms with E-state index in [0.29, 0.717) is 31.9 Å². The number of nitrogens with one attached hydrogen (secondary N) is 1. The largest absolute Gasteiger partial charge is 0.492 e. The minimum absolute atomic E-state index is 0.0177. The minimum Gasteiger partial charge on any atom is -0.492 e. The Hall–Kier alpha value is -3.19. The number of carbonyl (C=O) groups excluding carboxylic acids is 1. The van der Waals surface area contributed by atoms with Gasteiger partial charge in [0.15, 0.2) is 0 Å². The Morgan fingerprint density at radius 2 is 2.03 bits per heavy atom. The van der Waals surface area contributed by atoms with Gasteiger partial charge >= 0.3 is 0 Å². The Balaban J connectivity index is 1.29. The molecule has 1 N–H and O–H groups in total. The van der Waals surface area contributed by atoms with Crippen LogP contribution in [0.2, 0.25) is 0 Å². The van der Waals surface area contributed by atoms with Crippen molar-refractivity contribution in [1.29, 1.82) is 0 Å². The van der Waals surface area contributed by atoms with Gasteiger partial charge in [-0.15, -0.1) is 0 Å². The van der Waals surface area contributed by atoms with Crippen molar-refractivity contribution in [2.75, 3.05) is 19.7 Å². The van der Waals surface area contributed by atoms with E-state index in [2.05, 4.69) is 15.3 Å². The summed E-state index contributed by atoms with van der Waals surface area (Å²) in [6.07, 6.45) is 4.36. The number of hydrogen-bond acceptors (Lipinski definition) is 4. The Kier molecular flexibility index (Phi) is 5.42. The molecule has 1 amide bonds. The molecule has 0 saturated heterocycles. The van der Waals surface area contributed by atoms with E-state index in [1.54, 1.807) is 29.1 Å². The fourth-order valence-electron chi connectivity index (χ4n) is 4.50. The van der Waals surface area contributed by atoms with Gasteiger partial charge in [0.25, 0.3) is 0 Å². The van der Waals surface area contributed by atoms with Crippen molar-refractivity contribution in [3.8, 4) is 11.4 Å². The van der Waals surface area contributed by atoms with Crippen LogP contribution in [0, 0.1) is 5.82 Å². The molecule has 1 atom stereocenters. The summed E-state index contributed by atoms with van der Waals surface area (Å²) in [5.74, 6) is 0.571. The van der Waals surface area contributed by atoms with Gasteiger partial charge in [0.05, 0.1) is 18.8 Å². The number of fused-ring (bicyclic) bond motifs is 2. The van der Waals surface area contributed by atoms with Gasteiger partial charge in [-0.25, -0.2) is 9.07 Å². The molecule has 0 saturated carbocycles. The summed E-state index contributed by atoms with van der Waals surface area (Å²) in [6.45, 7) is 2.26. The van der Waals surface area contributed by atoms with E-state index >= 15 is 0 Å². The van der Waals surface area contributed by atoms with Gasteiger partial charge in [0.2, 0.25) is 5.91 Å². The molecule has 2 aliphatic rings. The van der Waals surface area contributed by atoms with Crippen LogP contribution in [0.15, 0.2) is 54.7 Å². The summed E-state index contributed by atoms with van der Waals surface area (Å²) >= 11 is 0. The van der Waals surface area contributed by atoms with Crippen LogP contribution in [-0.2, 0) is 17.8 Å². The predicted octanol–water partition coefficient (Wildman–Crippen LogP) is 3.40. The molecule has 0 bridgehead atoms. The molecule has 5 rings (SSSR count). The number of aromatic nitrogens is 2. The summed E-state index contributed by atoms with van der Waals surface area (Å²) in [5, 5.41) is 7.62. The van der Waals surface area contributed by atoms with E-state index in [1.807, 2.05) is 24.3 Å². The SMILES string of the molecule is O=C(CN1CCOc2ccccc2C1)N[C@H]1CCCc2c1cnn2-c1ccccc1F. The Labute approximate surface area is 180 Å². The van der Waals surface area contributed by atoms with Crippen molar-refractivity contribution in [1.82, 2.24) is 20.0 Å². The molecule has 2 heterocycles. The molecule has 160 valence electrons. The van der Waals surface area contributed by atoms with Crippen molar-refractivity contribution in [2.24, 2.45) is 0 Å². The molecule has 6 nitrogen and oxygen atoms in total. The lowest BCUT2D eigenvalue weighted by molar-refractivity contribution is -0.123.